The molecule has 3 aromatic rings. The number of hydrogen-bond donors (Lipinski definition) is 1. The summed E-state index contributed by atoms with van der Waals surface area (Å²) in [6.07, 6.45) is 4.56. The van der Waals surface area contributed by atoms with Crippen molar-refractivity contribution >= 4 is 24.8 Å². The summed E-state index contributed by atoms with van der Waals surface area (Å²) < 4.78 is 51.2. The first kappa shape index (κ1) is 24.8. The molecule has 2 unspecified atom stereocenters. The number of phosphoric acid groups is 1. The fraction of sp³-hybridized carbons (Fsp3) is 0.565. The van der Waals surface area contributed by atoms with Gasteiger partial charge in [0, 0.05) is 24.4 Å². The molecule has 0 bridgehead atoms. The highest BCUT2D eigenvalue weighted by Gasteiger charge is 2.64. The zero-order chi connectivity index (χ0) is 26.0. The molecule has 3 fully saturated rings. The highest BCUT2D eigenvalue weighted by molar-refractivity contribution is 7.48. The van der Waals surface area contributed by atoms with Crippen LogP contribution in [0.2, 0.25) is 0 Å². The van der Waals surface area contributed by atoms with E-state index in [1.165, 1.54) is 6.33 Å². The highest BCUT2D eigenvalue weighted by Crippen LogP contribution is 2.58. The molecule has 2 N–H and O–H groups in total. The largest absolute Gasteiger partial charge is 0.475 e. The number of imidazole rings is 1. The van der Waals surface area contributed by atoms with E-state index in [1.54, 1.807) is 23.3 Å². The fourth-order valence-corrected chi connectivity index (χ4v) is 6.67. The standard InChI is InChI=1S/C23H29N6O7P/c1-13-7-14(9-25-8-13)15-5-6-31-37(30,35-15)32-10-16-18-23(4,36-22(2,3)34-18)21(33-16)29-12-28-17-19(24)26-11-27-20(17)29/h7-9,11-12,15-16,18,21H,5-6,10H2,1-4H3,(H2,24,26,27)/t15?,16-,18-,21-,23-,37?/m1/s1. The van der Waals surface area contributed by atoms with Gasteiger partial charge in [0.1, 0.15) is 29.7 Å². The van der Waals surface area contributed by atoms with Gasteiger partial charge in [-0.3, -0.25) is 23.1 Å². The molecule has 0 spiro atoms. The average molecular weight is 532 g/mol. The third-order valence-corrected chi connectivity index (χ3v) is 8.24. The van der Waals surface area contributed by atoms with E-state index in [2.05, 4.69) is 19.9 Å². The highest BCUT2D eigenvalue weighted by atomic mass is 31.2. The quantitative estimate of drug-likeness (QED) is 0.480. The first-order valence-electron chi connectivity index (χ1n) is 12.0. The minimum Gasteiger partial charge on any atom is -0.382 e. The summed E-state index contributed by atoms with van der Waals surface area (Å²) >= 11 is 0. The van der Waals surface area contributed by atoms with Gasteiger partial charge < -0.3 is 19.9 Å². The number of hydrogen-bond acceptors (Lipinski definition) is 12. The Morgan fingerprint density at radius 2 is 2.08 bits per heavy atom. The number of nitrogens with zero attached hydrogens (tertiary/aromatic N) is 5. The van der Waals surface area contributed by atoms with Crippen molar-refractivity contribution in [1.82, 2.24) is 24.5 Å². The van der Waals surface area contributed by atoms with E-state index in [-0.39, 0.29) is 19.0 Å². The zero-order valence-electron chi connectivity index (χ0n) is 20.9. The monoisotopic (exact) mass is 532 g/mol. The van der Waals surface area contributed by atoms with Crippen molar-refractivity contribution in [2.75, 3.05) is 18.9 Å². The Balaban J connectivity index is 1.24. The molecule has 6 rings (SSSR count). The van der Waals surface area contributed by atoms with Gasteiger partial charge in [0.15, 0.2) is 23.5 Å². The van der Waals surface area contributed by atoms with Crippen LogP contribution in [0.25, 0.3) is 11.2 Å². The number of nitrogens with two attached hydrogens (primary N) is 1. The second-order valence-corrected chi connectivity index (χ2v) is 11.7. The third kappa shape index (κ3) is 4.34. The normalized spacial score (nSPS) is 35.1. The minimum absolute atomic E-state index is 0.115. The third-order valence-electron chi connectivity index (χ3n) is 6.76. The van der Waals surface area contributed by atoms with E-state index in [0.717, 1.165) is 11.1 Å². The van der Waals surface area contributed by atoms with Gasteiger partial charge in [-0.1, -0.05) is 6.07 Å². The van der Waals surface area contributed by atoms with Crippen LogP contribution in [0.15, 0.2) is 31.1 Å². The molecule has 3 aliphatic rings. The Kier molecular flexibility index (Phi) is 5.88. The minimum atomic E-state index is -3.88. The molecule has 13 nitrogen and oxygen atoms in total. The van der Waals surface area contributed by atoms with E-state index in [1.807, 2.05) is 33.8 Å². The lowest BCUT2D eigenvalue weighted by molar-refractivity contribution is -0.217. The lowest BCUT2D eigenvalue weighted by atomic mass is 9.96. The van der Waals surface area contributed by atoms with E-state index in [0.29, 0.717) is 17.6 Å². The second kappa shape index (κ2) is 8.77. The van der Waals surface area contributed by atoms with Crippen LogP contribution in [0.5, 0.6) is 0 Å². The van der Waals surface area contributed by atoms with Crippen LogP contribution < -0.4 is 5.73 Å². The van der Waals surface area contributed by atoms with Crippen molar-refractivity contribution in [3.8, 4) is 0 Å². The number of phosphoric ester groups is 1. The number of rotatable bonds is 5. The van der Waals surface area contributed by atoms with Crippen LogP contribution in [-0.2, 0) is 32.3 Å². The number of ether oxygens (including phenoxy) is 3. The van der Waals surface area contributed by atoms with E-state index in [9.17, 15) is 4.57 Å². The van der Waals surface area contributed by atoms with Crippen molar-refractivity contribution < 1.29 is 32.3 Å². The molecule has 0 radical (unpaired) electrons. The van der Waals surface area contributed by atoms with Gasteiger partial charge >= 0.3 is 7.82 Å². The van der Waals surface area contributed by atoms with Crippen molar-refractivity contribution in [2.24, 2.45) is 0 Å². The summed E-state index contributed by atoms with van der Waals surface area (Å²) in [5, 5.41) is 0. The summed E-state index contributed by atoms with van der Waals surface area (Å²) in [6.45, 7) is 7.59. The molecule has 3 saturated heterocycles. The molecular weight excluding hydrogens is 503 g/mol. The van der Waals surface area contributed by atoms with Gasteiger partial charge in [-0.05, 0) is 33.3 Å². The topological polar surface area (TPSA) is 155 Å². The van der Waals surface area contributed by atoms with E-state index >= 15 is 0 Å². The molecule has 0 aliphatic carbocycles. The Morgan fingerprint density at radius 1 is 1.24 bits per heavy atom. The Morgan fingerprint density at radius 3 is 2.89 bits per heavy atom. The average Bonchev–Trinajstić information content (AvgIpc) is 3.45. The molecule has 6 heterocycles. The zero-order valence-corrected chi connectivity index (χ0v) is 21.8. The van der Waals surface area contributed by atoms with Gasteiger partial charge in [0.2, 0.25) is 0 Å². The number of aromatic nitrogens is 5. The smallest absolute Gasteiger partial charge is 0.382 e. The van der Waals surface area contributed by atoms with Crippen LogP contribution in [0.1, 0.15) is 50.7 Å². The Labute approximate surface area is 213 Å². The number of fused-ring (bicyclic) bond motifs is 2. The first-order valence-corrected chi connectivity index (χ1v) is 13.5. The van der Waals surface area contributed by atoms with Gasteiger partial charge in [0.05, 0.1) is 25.6 Å². The molecule has 3 aliphatic heterocycles. The van der Waals surface area contributed by atoms with Crippen molar-refractivity contribution in [3.63, 3.8) is 0 Å². The number of anilines is 1. The first-order chi connectivity index (χ1) is 17.6. The lowest BCUT2D eigenvalue weighted by Gasteiger charge is -2.30. The van der Waals surface area contributed by atoms with Crippen LogP contribution in [-0.4, -0.2) is 61.3 Å². The molecule has 0 aromatic carbocycles. The number of aryl methyl sites for hydroxylation is 1. The lowest BCUT2D eigenvalue weighted by Crippen LogP contribution is -2.42. The SMILES string of the molecule is Cc1cncc(C2CCOP(=O)(OC[C@H]3O[C@@H](n4cnc5c(N)ncnc54)[C@]4(C)OC(C)(C)O[C@H]34)O2)c1. The van der Waals surface area contributed by atoms with E-state index in [4.69, 9.17) is 33.5 Å². The van der Waals surface area contributed by atoms with Crippen LogP contribution in [0.3, 0.4) is 0 Å². The molecule has 0 amide bonds. The maximum atomic E-state index is 13.4. The van der Waals surface area contributed by atoms with Gasteiger partial charge in [-0.25, -0.2) is 19.5 Å². The van der Waals surface area contributed by atoms with Crippen molar-refractivity contribution in [2.45, 2.75) is 70.0 Å². The molecule has 198 valence electrons. The summed E-state index contributed by atoms with van der Waals surface area (Å²) in [7, 11) is -3.88. The van der Waals surface area contributed by atoms with Gasteiger partial charge in [0.25, 0.3) is 0 Å². The summed E-state index contributed by atoms with van der Waals surface area (Å²) in [5.41, 5.74) is 7.78. The molecule has 37 heavy (non-hydrogen) atoms. The molecular formula is C23H29N6O7P. The van der Waals surface area contributed by atoms with Gasteiger partial charge in [-0.2, -0.15) is 0 Å². The van der Waals surface area contributed by atoms with E-state index < -0.39 is 43.8 Å². The Hall–Kier alpha value is -2.51. The Bertz CT molecular complexity index is 1380. The van der Waals surface area contributed by atoms with Crippen LogP contribution >= 0.6 is 7.82 Å². The van der Waals surface area contributed by atoms with Gasteiger partial charge in [-0.15, -0.1) is 0 Å². The fourth-order valence-electron chi connectivity index (χ4n) is 5.28. The van der Waals surface area contributed by atoms with Crippen molar-refractivity contribution in [1.29, 1.82) is 0 Å². The van der Waals surface area contributed by atoms with Crippen LogP contribution in [0, 0.1) is 6.92 Å². The number of nitrogen functional groups attached to an aromatic ring is 1. The second-order valence-electron chi connectivity index (χ2n) is 10.1. The molecule has 6 atom stereocenters. The van der Waals surface area contributed by atoms with Crippen molar-refractivity contribution in [3.05, 3.63) is 42.2 Å². The number of pyridine rings is 1. The maximum Gasteiger partial charge on any atom is 0.475 e. The van der Waals surface area contributed by atoms with Crippen LogP contribution in [0.4, 0.5) is 5.82 Å². The molecule has 0 saturated carbocycles. The summed E-state index contributed by atoms with van der Waals surface area (Å²) in [4.78, 5) is 16.9. The molecule has 14 heteroatoms. The summed E-state index contributed by atoms with van der Waals surface area (Å²) in [6, 6.07) is 1.95. The predicted molar refractivity (Wildman–Crippen MR) is 129 cm³/mol. The predicted octanol–water partition coefficient (Wildman–Crippen LogP) is 3.22. The molecule has 3 aromatic heterocycles. The summed E-state index contributed by atoms with van der Waals surface area (Å²) in [5.74, 6) is -0.634. The maximum absolute atomic E-state index is 13.4.